The Kier molecular flexibility index (Phi) is 8.20. The molecule has 0 aliphatic rings. The maximum Gasteiger partial charge on any atom is 0.0700 e. The summed E-state index contributed by atoms with van der Waals surface area (Å²) < 4.78 is 10.3. The summed E-state index contributed by atoms with van der Waals surface area (Å²) in [4.78, 5) is 0. The summed E-state index contributed by atoms with van der Waals surface area (Å²) in [6.07, 6.45) is 5.09. The molecular formula is C12H26O2. The largest absolute Gasteiger partial charge is 0.382 e. The minimum atomic E-state index is 0.483. The molecule has 0 saturated heterocycles. The first kappa shape index (κ1) is 13.9. The van der Waals surface area contributed by atoms with Crippen LogP contribution in [0.1, 0.15) is 46.5 Å². The van der Waals surface area contributed by atoms with Gasteiger partial charge in [0, 0.05) is 13.7 Å². The Bertz CT molecular complexity index is 116. The third kappa shape index (κ3) is 11.9. The number of ether oxygens (including phenoxy) is 2. The topological polar surface area (TPSA) is 18.5 Å². The van der Waals surface area contributed by atoms with Gasteiger partial charge in [-0.1, -0.05) is 33.6 Å². The van der Waals surface area contributed by atoms with Crippen molar-refractivity contribution in [3.63, 3.8) is 0 Å². The van der Waals surface area contributed by atoms with Gasteiger partial charge < -0.3 is 9.47 Å². The van der Waals surface area contributed by atoms with E-state index in [4.69, 9.17) is 9.47 Å². The summed E-state index contributed by atoms with van der Waals surface area (Å²) in [6.45, 7) is 9.21. The number of hydrogen-bond acceptors (Lipinski definition) is 2. The third-order valence-electron chi connectivity index (χ3n) is 2.15. The van der Waals surface area contributed by atoms with Crippen LogP contribution in [0.4, 0.5) is 0 Å². The average Bonchev–Trinajstić information content (AvgIpc) is 2.08. The van der Waals surface area contributed by atoms with Gasteiger partial charge in [-0.25, -0.2) is 0 Å². The predicted molar refractivity (Wildman–Crippen MR) is 60.6 cm³/mol. The zero-order chi connectivity index (χ0) is 10.9. The van der Waals surface area contributed by atoms with Gasteiger partial charge >= 0.3 is 0 Å². The van der Waals surface area contributed by atoms with Crippen LogP contribution < -0.4 is 0 Å². The van der Waals surface area contributed by atoms with Crippen molar-refractivity contribution >= 4 is 0 Å². The van der Waals surface area contributed by atoms with Crippen LogP contribution in [0.25, 0.3) is 0 Å². The Balaban J connectivity index is 2.99. The number of rotatable bonds is 8. The highest BCUT2D eigenvalue weighted by Gasteiger charge is 2.08. The summed E-state index contributed by atoms with van der Waals surface area (Å²) in [6, 6.07) is 0. The molecule has 0 aliphatic heterocycles. The van der Waals surface area contributed by atoms with Crippen LogP contribution in [0.2, 0.25) is 0 Å². The summed E-state index contributed by atoms with van der Waals surface area (Å²) in [7, 11) is 1.70. The van der Waals surface area contributed by atoms with E-state index in [0.29, 0.717) is 12.0 Å². The van der Waals surface area contributed by atoms with Gasteiger partial charge in [0.2, 0.25) is 0 Å². The summed E-state index contributed by atoms with van der Waals surface area (Å²) >= 11 is 0. The van der Waals surface area contributed by atoms with Crippen LogP contribution >= 0.6 is 0 Å². The molecule has 0 heterocycles. The van der Waals surface area contributed by atoms with Gasteiger partial charge in [-0.05, 0) is 18.3 Å². The normalized spacial score (nSPS) is 12.0. The molecule has 0 unspecified atom stereocenters. The monoisotopic (exact) mass is 202 g/mol. The third-order valence-corrected chi connectivity index (χ3v) is 2.15. The molecule has 0 aromatic rings. The molecule has 0 aliphatic carbocycles. The van der Waals surface area contributed by atoms with Crippen molar-refractivity contribution < 1.29 is 9.47 Å². The fourth-order valence-electron chi connectivity index (χ4n) is 1.28. The minimum absolute atomic E-state index is 0.483. The fraction of sp³-hybridized carbons (Fsp3) is 1.00. The van der Waals surface area contributed by atoms with Gasteiger partial charge in [-0.2, -0.15) is 0 Å². The summed E-state index contributed by atoms with van der Waals surface area (Å²) in [5.74, 6) is 0. The highest BCUT2D eigenvalue weighted by atomic mass is 16.5. The molecule has 0 saturated carbocycles. The van der Waals surface area contributed by atoms with Gasteiger partial charge in [-0.15, -0.1) is 0 Å². The molecule has 2 heteroatoms. The lowest BCUT2D eigenvalue weighted by molar-refractivity contribution is 0.0683. The Morgan fingerprint density at radius 3 is 2.14 bits per heavy atom. The van der Waals surface area contributed by atoms with Gasteiger partial charge in [-0.3, -0.25) is 0 Å². The molecule has 86 valence electrons. The van der Waals surface area contributed by atoms with E-state index >= 15 is 0 Å². The minimum Gasteiger partial charge on any atom is -0.382 e. The molecule has 0 aromatic heterocycles. The number of hydrogen-bond donors (Lipinski definition) is 0. The number of unbranched alkanes of at least 4 members (excludes halogenated alkanes) is 2. The van der Waals surface area contributed by atoms with Crippen LogP contribution in [-0.4, -0.2) is 26.9 Å². The molecule has 14 heavy (non-hydrogen) atoms. The lowest BCUT2D eigenvalue weighted by atomic mass is 9.89. The number of methoxy groups -OCH3 is 1. The highest BCUT2D eigenvalue weighted by Crippen LogP contribution is 2.21. The van der Waals surface area contributed by atoms with Crippen LogP contribution in [0.15, 0.2) is 0 Å². The van der Waals surface area contributed by atoms with Crippen molar-refractivity contribution in [1.82, 2.24) is 0 Å². The molecule has 0 N–H and O–H groups in total. The molecule has 0 bridgehead atoms. The van der Waals surface area contributed by atoms with E-state index in [1.165, 1.54) is 25.7 Å². The maximum absolute atomic E-state index is 5.38. The van der Waals surface area contributed by atoms with E-state index in [2.05, 4.69) is 20.8 Å². The SMILES string of the molecule is COCCOCCCCCC(C)(C)C. The molecule has 2 nitrogen and oxygen atoms in total. The van der Waals surface area contributed by atoms with E-state index in [1.54, 1.807) is 7.11 Å². The van der Waals surface area contributed by atoms with E-state index < -0.39 is 0 Å². The van der Waals surface area contributed by atoms with Crippen LogP contribution in [0.5, 0.6) is 0 Å². The molecule has 0 fully saturated rings. The van der Waals surface area contributed by atoms with Crippen LogP contribution in [0, 0.1) is 5.41 Å². The predicted octanol–water partition coefficient (Wildman–Crippen LogP) is 3.26. The Labute approximate surface area is 89.0 Å². The van der Waals surface area contributed by atoms with E-state index in [-0.39, 0.29) is 0 Å². The highest BCUT2D eigenvalue weighted by molar-refractivity contribution is 4.60. The molecule has 0 radical (unpaired) electrons. The van der Waals surface area contributed by atoms with Crippen LogP contribution in [-0.2, 0) is 9.47 Å². The standard InChI is InChI=1S/C12H26O2/c1-12(2,3)8-6-5-7-9-14-11-10-13-4/h5-11H2,1-4H3. The Morgan fingerprint density at radius 1 is 0.857 bits per heavy atom. The van der Waals surface area contributed by atoms with Crippen molar-refractivity contribution in [2.45, 2.75) is 46.5 Å². The van der Waals surface area contributed by atoms with Gasteiger partial charge in [0.15, 0.2) is 0 Å². The second-order valence-electron chi connectivity index (χ2n) is 4.98. The van der Waals surface area contributed by atoms with Crippen molar-refractivity contribution in [1.29, 1.82) is 0 Å². The average molecular weight is 202 g/mol. The van der Waals surface area contributed by atoms with E-state index in [1.807, 2.05) is 0 Å². The maximum atomic E-state index is 5.38. The molecular weight excluding hydrogens is 176 g/mol. The lowest BCUT2D eigenvalue weighted by Gasteiger charge is -2.17. The van der Waals surface area contributed by atoms with Gasteiger partial charge in [0.1, 0.15) is 0 Å². The van der Waals surface area contributed by atoms with Crippen molar-refractivity contribution in [3.8, 4) is 0 Å². The Hall–Kier alpha value is -0.0800. The fourth-order valence-corrected chi connectivity index (χ4v) is 1.28. The first-order chi connectivity index (χ1) is 6.56. The van der Waals surface area contributed by atoms with E-state index in [0.717, 1.165) is 13.2 Å². The molecule has 0 spiro atoms. The molecule has 0 amide bonds. The molecule has 0 rings (SSSR count). The second-order valence-corrected chi connectivity index (χ2v) is 4.98. The second kappa shape index (κ2) is 8.25. The summed E-state index contributed by atoms with van der Waals surface area (Å²) in [5.41, 5.74) is 0.483. The van der Waals surface area contributed by atoms with Crippen molar-refractivity contribution in [3.05, 3.63) is 0 Å². The Morgan fingerprint density at radius 2 is 1.57 bits per heavy atom. The molecule has 0 atom stereocenters. The smallest absolute Gasteiger partial charge is 0.0700 e. The lowest BCUT2D eigenvalue weighted by Crippen LogP contribution is -2.05. The van der Waals surface area contributed by atoms with Crippen LogP contribution in [0.3, 0.4) is 0 Å². The first-order valence-electron chi connectivity index (χ1n) is 5.63. The zero-order valence-electron chi connectivity index (χ0n) is 10.3. The quantitative estimate of drug-likeness (QED) is 0.562. The molecule has 0 aromatic carbocycles. The van der Waals surface area contributed by atoms with Gasteiger partial charge in [0.05, 0.1) is 13.2 Å². The zero-order valence-corrected chi connectivity index (χ0v) is 10.3. The van der Waals surface area contributed by atoms with Gasteiger partial charge in [0.25, 0.3) is 0 Å². The van der Waals surface area contributed by atoms with E-state index in [9.17, 15) is 0 Å². The first-order valence-corrected chi connectivity index (χ1v) is 5.63. The van der Waals surface area contributed by atoms with Crippen molar-refractivity contribution in [2.24, 2.45) is 5.41 Å². The van der Waals surface area contributed by atoms with Crippen molar-refractivity contribution in [2.75, 3.05) is 26.9 Å². The summed E-state index contributed by atoms with van der Waals surface area (Å²) in [5, 5.41) is 0.